The number of methoxy groups -OCH3 is 2. The van der Waals surface area contributed by atoms with Crippen LogP contribution in [-0.2, 0) is 81.7 Å². The predicted octanol–water partition coefficient (Wildman–Crippen LogP) is 15.2. The summed E-state index contributed by atoms with van der Waals surface area (Å²) < 4.78 is 82.5. The molecule has 17 atom stereocenters. The number of hydrogen-bond donors (Lipinski definition) is 0. The number of amides is 1. The summed E-state index contributed by atoms with van der Waals surface area (Å²) in [4.78, 5) is 93.4. The maximum absolute atomic E-state index is 14.3. The van der Waals surface area contributed by atoms with Gasteiger partial charge in [0.15, 0.2) is 25.0 Å². The van der Waals surface area contributed by atoms with Gasteiger partial charge in [-0.1, -0.05) is 178 Å². The fourth-order valence-corrected chi connectivity index (χ4v) is 15.3. The molecular weight excluding hydrogens is 1390 g/mol. The van der Waals surface area contributed by atoms with Crippen molar-refractivity contribution in [2.45, 2.75) is 232 Å². The molecule has 109 heavy (non-hydrogen) atoms. The van der Waals surface area contributed by atoms with Crippen molar-refractivity contribution in [1.29, 1.82) is 0 Å². The van der Waals surface area contributed by atoms with Gasteiger partial charge in [-0.05, 0) is 121 Å². The Kier molecular flexibility index (Phi) is 33.2. The van der Waals surface area contributed by atoms with Crippen LogP contribution < -0.4 is 9.47 Å². The maximum atomic E-state index is 14.3. The Morgan fingerprint density at radius 1 is 0.440 bits per heavy atom. The molecule has 4 aliphatic heterocycles. The highest BCUT2D eigenvalue weighted by Crippen LogP contribution is 2.45. The second-order valence-corrected chi connectivity index (χ2v) is 30.3. The number of esters is 4. The van der Waals surface area contributed by atoms with Crippen molar-refractivity contribution < 1.29 is 95.1 Å². The Balaban J connectivity index is 0.746. The first-order chi connectivity index (χ1) is 52.6. The highest BCUT2D eigenvalue weighted by molar-refractivity contribution is 5.90. The molecule has 4 aliphatic rings. The Hall–Kier alpha value is -7.89. The molecule has 594 valence electrons. The van der Waals surface area contributed by atoms with Crippen LogP contribution in [0.4, 0.5) is 0 Å². The number of rotatable bonds is 41. The molecule has 0 N–H and O–H groups in total. The lowest BCUT2D eigenvalue weighted by Crippen LogP contribution is -2.60. The molecule has 0 aromatic heterocycles. The third kappa shape index (κ3) is 23.8. The van der Waals surface area contributed by atoms with Crippen molar-refractivity contribution in [3.05, 3.63) is 167 Å². The normalized spacial score (nSPS) is 26.2. The van der Waals surface area contributed by atoms with Crippen LogP contribution in [-0.4, -0.2) is 162 Å². The molecule has 5 aromatic carbocycles. The molecule has 21 heteroatoms. The van der Waals surface area contributed by atoms with Crippen LogP contribution in [0.15, 0.2) is 140 Å². The molecule has 15 unspecified atom stereocenters. The highest BCUT2D eigenvalue weighted by Gasteiger charge is 2.52. The van der Waals surface area contributed by atoms with Gasteiger partial charge in [0, 0.05) is 63.4 Å². The number of carbonyl (C=O) groups is 7. The monoisotopic (exact) mass is 1510 g/mol. The van der Waals surface area contributed by atoms with Crippen molar-refractivity contribution in [3.63, 3.8) is 0 Å². The average Bonchev–Trinajstić information content (AvgIpc) is 1.51. The van der Waals surface area contributed by atoms with Crippen LogP contribution in [0.3, 0.4) is 0 Å². The Morgan fingerprint density at radius 2 is 0.908 bits per heavy atom. The standard InChI is InChI=1S/C88H117NO20/c1-57(90)40-49-80(94)105-75-51-71(53-103-88(68-35-25-20-26-36-68,69-41-45-73(97-10)46-42-69)70-43-47-74(98-11)48-44-70)89(52-75)79(93)39-29-16-15-28-38-72(92)37-27-14-12-13-17-30-50-99-87-82(104-65(9)91)81(109-86-63(7)59(3)61(5)77(107-86)55-101-84(96)67-33-23-19-24-34-67)64(8)78(108-87)56-102-85-62(6)58(2)60(4)76(106-85)54-100-83(95)66-31-21-18-22-32-66/h18-26,31-36,41-48,58-64,71,75-78,81-82,85-87H,12-17,27-30,37-40,49-56H2,1-11H3/t58?,59?,60?,61?,62?,63?,64?,71-,75+,76?,77?,78?,81?,82?,85?,86?,87?/m0/s1. The Morgan fingerprint density at radius 3 is 1.43 bits per heavy atom. The molecule has 0 bridgehead atoms. The van der Waals surface area contributed by atoms with E-state index in [0.29, 0.717) is 61.3 Å². The maximum Gasteiger partial charge on any atom is 0.338 e. The topological polar surface area (TPSA) is 243 Å². The van der Waals surface area contributed by atoms with Gasteiger partial charge in [0.2, 0.25) is 5.91 Å². The SMILES string of the molecule is COc1ccc(C(OC[C@@H]2C[C@@H](OC(=O)CCC(C)=O)CN2C(=O)CCCCCCC(=O)CCCCCCCCOC2OC(COC3OC(COC(=O)c4ccccc4)C(C)C(C)C3C)C(C)C(OC3OC(COC(=O)c4ccccc4)C(C)C(C)C3C)C2OC(C)=O)(c2ccccc2)c2ccc(OC)cc2)cc1. The zero-order valence-corrected chi connectivity index (χ0v) is 65.8. The summed E-state index contributed by atoms with van der Waals surface area (Å²) in [5, 5.41) is 0. The van der Waals surface area contributed by atoms with Crippen LogP contribution in [0.25, 0.3) is 0 Å². The number of nitrogens with zero attached hydrogens (tertiary/aromatic N) is 1. The number of ketones is 2. The number of ether oxygens (including phenoxy) is 13. The molecule has 0 spiro atoms. The quantitative estimate of drug-likeness (QED) is 0.0153. The zero-order chi connectivity index (χ0) is 78.0. The minimum Gasteiger partial charge on any atom is -0.497 e. The first kappa shape index (κ1) is 85.1. The van der Waals surface area contributed by atoms with E-state index in [0.717, 1.165) is 68.1 Å². The number of unbranched alkanes of at least 4 members (excludes halogenated alkanes) is 8. The lowest BCUT2D eigenvalue weighted by Gasteiger charge is -2.49. The first-order valence-electron chi connectivity index (χ1n) is 39.5. The minimum absolute atomic E-state index is 0.00771. The summed E-state index contributed by atoms with van der Waals surface area (Å²) in [5.41, 5.74) is 2.32. The van der Waals surface area contributed by atoms with E-state index in [9.17, 15) is 33.6 Å². The third-order valence-electron chi connectivity index (χ3n) is 22.8. The number of carbonyl (C=O) groups excluding carboxylic acids is 7. The van der Waals surface area contributed by atoms with Crippen molar-refractivity contribution >= 4 is 41.4 Å². The van der Waals surface area contributed by atoms with Gasteiger partial charge in [0.1, 0.15) is 54.1 Å². The molecule has 0 saturated carbocycles. The van der Waals surface area contributed by atoms with Crippen LogP contribution in [0.2, 0.25) is 0 Å². The second kappa shape index (κ2) is 42.5. The molecule has 4 saturated heterocycles. The van der Waals surface area contributed by atoms with Gasteiger partial charge in [-0.25, -0.2) is 9.59 Å². The van der Waals surface area contributed by atoms with Gasteiger partial charge in [0.05, 0.1) is 75.9 Å². The van der Waals surface area contributed by atoms with Gasteiger partial charge in [-0.2, -0.15) is 0 Å². The van der Waals surface area contributed by atoms with E-state index < -0.39 is 96.9 Å². The van der Waals surface area contributed by atoms with E-state index in [1.807, 2.05) is 97.9 Å². The number of likely N-dealkylation sites (tertiary alicyclic amines) is 1. The van der Waals surface area contributed by atoms with Crippen molar-refractivity contribution in [3.8, 4) is 11.5 Å². The second-order valence-electron chi connectivity index (χ2n) is 30.3. The lowest BCUT2D eigenvalue weighted by molar-refractivity contribution is -0.345. The average molecular weight is 1510 g/mol. The summed E-state index contributed by atoms with van der Waals surface area (Å²) in [6.45, 7) is 18.1. The molecule has 1 amide bonds. The van der Waals surface area contributed by atoms with Gasteiger partial charge in [-0.15, -0.1) is 0 Å². The minimum atomic E-state index is -1.14. The number of benzene rings is 5. The molecule has 21 nitrogen and oxygen atoms in total. The van der Waals surface area contributed by atoms with E-state index in [1.54, 1.807) is 67.7 Å². The molecular formula is C88H117NO20. The van der Waals surface area contributed by atoms with Crippen LogP contribution in [0, 0.1) is 41.4 Å². The largest absolute Gasteiger partial charge is 0.497 e. The van der Waals surface area contributed by atoms with E-state index in [1.165, 1.54) is 13.8 Å². The molecule has 0 radical (unpaired) electrons. The zero-order valence-electron chi connectivity index (χ0n) is 65.8. The molecule has 4 heterocycles. The Labute approximate surface area is 644 Å². The fraction of sp³-hybridized carbons (Fsp3) is 0.580. The van der Waals surface area contributed by atoms with Crippen LogP contribution >= 0.6 is 0 Å². The Bertz CT molecular complexity index is 3590. The third-order valence-corrected chi connectivity index (χ3v) is 22.8. The molecule has 0 aliphatic carbocycles. The van der Waals surface area contributed by atoms with E-state index in [4.69, 9.17) is 61.6 Å². The van der Waals surface area contributed by atoms with Gasteiger partial charge in [-0.3, -0.25) is 19.2 Å². The fourth-order valence-electron chi connectivity index (χ4n) is 15.3. The summed E-state index contributed by atoms with van der Waals surface area (Å²) in [6.07, 6.45) is 3.27. The summed E-state index contributed by atoms with van der Waals surface area (Å²) in [6, 6.07) is 42.7. The molecule has 4 fully saturated rings. The van der Waals surface area contributed by atoms with E-state index >= 15 is 0 Å². The van der Waals surface area contributed by atoms with E-state index in [2.05, 4.69) is 41.5 Å². The first-order valence-corrected chi connectivity index (χ1v) is 39.5. The van der Waals surface area contributed by atoms with Crippen LogP contribution in [0.5, 0.6) is 11.5 Å². The summed E-state index contributed by atoms with van der Waals surface area (Å²) >= 11 is 0. The molecule has 5 aromatic rings. The van der Waals surface area contributed by atoms with Crippen molar-refractivity contribution in [1.82, 2.24) is 4.90 Å². The highest BCUT2D eigenvalue weighted by atomic mass is 16.7. The molecule has 9 rings (SSSR count). The van der Waals surface area contributed by atoms with Gasteiger partial charge >= 0.3 is 23.9 Å². The van der Waals surface area contributed by atoms with Crippen molar-refractivity contribution in [2.75, 3.05) is 53.8 Å². The lowest BCUT2D eigenvalue weighted by atomic mass is 9.79. The number of Topliss-reactive ketones (excluding diaryl/α,β-unsaturated/α-hetero) is 2. The predicted molar refractivity (Wildman–Crippen MR) is 409 cm³/mol. The van der Waals surface area contributed by atoms with Crippen LogP contribution in [0.1, 0.15) is 202 Å². The van der Waals surface area contributed by atoms with E-state index in [-0.39, 0.29) is 105 Å². The summed E-state index contributed by atoms with van der Waals surface area (Å²) in [5.74, 6) is -0.763. The smallest absolute Gasteiger partial charge is 0.338 e. The van der Waals surface area contributed by atoms with Gasteiger partial charge < -0.3 is 71.3 Å². The van der Waals surface area contributed by atoms with Crippen molar-refractivity contribution in [2.24, 2.45) is 41.4 Å². The summed E-state index contributed by atoms with van der Waals surface area (Å²) in [7, 11) is 3.24. The number of hydrogen-bond acceptors (Lipinski definition) is 20. The van der Waals surface area contributed by atoms with Gasteiger partial charge in [0.25, 0.3) is 0 Å².